The molecule has 1 fully saturated rings. The molecule has 11 heteroatoms. The fraction of sp³-hybridized carbons (Fsp3) is 0.586. The minimum Gasteiger partial charge on any atom is -0.592 e. The van der Waals surface area contributed by atoms with Crippen molar-refractivity contribution >= 4 is 34.3 Å². The molecule has 40 heavy (non-hydrogen) atoms. The number of ether oxygens (including phenoxy) is 1. The fourth-order valence-corrected chi connectivity index (χ4v) is 7.62. The van der Waals surface area contributed by atoms with Crippen molar-refractivity contribution in [3.63, 3.8) is 0 Å². The van der Waals surface area contributed by atoms with E-state index in [2.05, 4.69) is 49.5 Å². The van der Waals surface area contributed by atoms with Gasteiger partial charge in [0.05, 0.1) is 54.2 Å². The number of halogens is 1. The lowest BCUT2D eigenvalue weighted by atomic mass is 9.98. The molecule has 1 saturated heterocycles. The monoisotopic (exact) mass is 606 g/mol. The van der Waals surface area contributed by atoms with Crippen LogP contribution in [0.3, 0.4) is 0 Å². The number of hydrogen-bond acceptors (Lipinski definition) is 8. The smallest absolute Gasteiger partial charge is 0.247 e. The van der Waals surface area contributed by atoms with Crippen molar-refractivity contribution in [3.05, 3.63) is 58.7 Å². The van der Waals surface area contributed by atoms with Crippen LogP contribution in [0, 0.1) is 5.92 Å². The summed E-state index contributed by atoms with van der Waals surface area (Å²) in [5.41, 5.74) is 1.16. The van der Waals surface area contributed by atoms with Gasteiger partial charge in [-0.1, -0.05) is 43.2 Å². The predicted molar refractivity (Wildman–Crippen MR) is 164 cm³/mol. The van der Waals surface area contributed by atoms with Gasteiger partial charge in [0.1, 0.15) is 12.4 Å². The molecule has 0 N–H and O–H groups in total. The summed E-state index contributed by atoms with van der Waals surface area (Å²) in [5, 5.41) is 1.81. The highest BCUT2D eigenvalue weighted by Gasteiger charge is 2.29. The number of thiazole rings is 1. The van der Waals surface area contributed by atoms with Crippen molar-refractivity contribution < 1.29 is 9.29 Å². The molecule has 1 aliphatic rings. The molecule has 2 unspecified atom stereocenters. The highest BCUT2D eigenvalue weighted by Crippen LogP contribution is 2.27. The summed E-state index contributed by atoms with van der Waals surface area (Å²) >= 11 is 6.43. The predicted octanol–water partition coefficient (Wildman–Crippen LogP) is 5.21. The van der Waals surface area contributed by atoms with E-state index in [4.69, 9.17) is 16.3 Å². The molecule has 2 aromatic heterocycles. The van der Waals surface area contributed by atoms with E-state index in [0.29, 0.717) is 17.5 Å². The number of hydrogen-bond donors (Lipinski definition) is 0. The van der Waals surface area contributed by atoms with Crippen molar-refractivity contribution in [1.29, 1.82) is 0 Å². The van der Waals surface area contributed by atoms with Crippen molar-refractivity contribution in [2.75, 3.05) is 52.9 Å². The maximum Gasteiger partial charge on any atom is 0.247 e. The third kappa shape index (κ3) is 9.44. The topological polar surface area (TPSA) is 72.7 Å². The highest BCUT2D eigenvalue weighted by molar-refractivity contribution is 7.91. The summed E-state index contributed by atoms with van der Waals surface area (Å²) in [6.07, 6.45) is 10.1. The minimum absolute atomic E-state index is 0.559. The summed E-state index contributed by atoms with van der Waals surface area (Å²) in [6.45, 7) is 12.1. The molecule has 0 aliphatic carbocycles. The van der Waals surface area contributed by atoms with Gasteiger partial charge in [0.2, 0.25) is 4.21 Å². The third-order valence-electron chi connectivity index (χ3n) is 7.43. The van der Waals surface area contributed by atoms with Crippen LogP contribution in [0.15, 0.2) is 47.2 Å². The van der Waals surface area contributed by atoms with E-state index in [1.807, 2.05) is 43.0 Å². The Balaban J connectivity index is 1.20. The fourth-order valence-electron chi connectivity index (χ4n) is 4.95. The van der Waals surface area contributed by atoms with E-state index in [-0.39, 0.29) is 0 Å². The Morgan fingerprint density at radius 1 is 1.12 bits per heavy atom. The van der Waals surface area contributed by atoms with E-state index in [9.17, 15) is 4.55 Å². The molecule has 0 saturated carbocycles. The zero-order valence-corrected chi connectivity index (χ0v) is 26.4. The third-order valence-corrected chi connectivity index (χ3v) is 10.5. The number of piperazine rings is 1. The number of rotatable bonds is 16. The summed E-state index contributed by atoms with van der Waals surface area (Å²) < 4.78 is 24.3. The quantitative estimate of drug-likeness (QED) is 0.207. The molecule has 1 aliphatic heterocycles. The maximum absolute atomic E-state index is 13.3. The second-order valence-corrected chi connectivity index (χ2v) is 13.7. The van der Waals surface area contributed by atoms with Crippen LogP contribution in [0.25, 0.3) is 0 Å². The van der Waals surface area contributed by atoms with E-state index in [1.165, 1.54) is 12.8 Å². The molecule has 220 valence electrons. The van der Waals surface area contributed by atoms with Crippen molar-refractivity contribution in [1.82, 2.24) is 28.6 Å². The second-order valence-electron chi connectivity index (χ2n) is 10.5. The standard InChI is InChI=1S/C29H43ClN6O2S2/c1-4-11-33(3)12-10-24(5-2)19-28-32-21-29(39-28)40(37)36-15-13-34(14-16-36)22-26-20-31-23-35(26)17-18-38-27-8-6-25(30)7-9-27/h6-9,20-21,23-24H,4-5,10-19,22H2,1-3H3. The lowest BCUT2D eigenvalue weighted by molar-refractivity contribution is 0.177. The van der Waals surface area contributed by atoms with Crippen LogP contribution in [0.2, 0.25) is 5.02 Å². The first-order valence-corrected chi connectivity index (χ1v) is 16.6. The number of benzene rings is 1. The van der Waals surface area contributed by atoms with Gasteiger partial charge in [-0.2, -0.15) is 0 Å². The van der Waals surface area contributed by atoms with Crippen LogP contribution in [0.5, 0.6) is 5.75 Å². The van der Waals surface area contributed by atoms with Crippen molar-refractivity contribution in [3.8, 4) is 5.75 Å². The summed E-state index contributed by atoms with van der Waals surface area (Å²) in [4.78, 5) is 13.8. The van der Waals surface area contributed by atoms with E-state index < -0.39 is 11.4 Å². The molecule has 4 rings (SSSR count). The average molecular weight is 607 g/mol. The van der Waals surface area contributed by atoms with Gasteiger partial charge in [-0.15, -0.1) is 4.31 Å². The average Bonchev–Trinajstić information content (AvgIpc) is 3.62. The molecule has 0 bridgehead atoms. The molecular weight excluding hydrogens is 564 g/mol. The van der Waals surface area contributed by atoms with Crippen LogP contribution in [-0.4, -0.2) is 86.1 Å². The van der Waals surface area contributed by atoms with Crippen LogP contribution in [-0.2, 0) is 30.9 Å². The first-order valence-electron chi connectivity index (χ1n) is 14.3. The van der Waals surface area contributed by atoms with Crippen LogP contribution in [0.4, 0.5) is 0 Å². The first kappa shape index (κ1) is 31.3. The zero-order chi connectivity index (χ0) is 28.3. The largest absolute Gasteiger partial charge is 0.592 e. The van der Waals surface area contributed by atoms with Crippen LogP contribution in [0.1, 0.15) is 43.8 Å². The summed E-state index contributed by atoms with van der Waals surface area (Å²) in [6, 6.07) is 7.42. The molecule has 3 heterocycles. The summed E-state index contributed by atoms with van der Waals surface area (Å²) in [7, 11) is 2.20. The van der Waals surface area contributed by atoms with Gasteiger partial charge in [-0.05, 0) is 63.2 Å². The summed E-state index contributed by atoms with van der Waals surface area (Å²) in [5.74, 6) is 1.43. The van der Waals surface area contributed by atoms with Gasteiger partial charge < -0.3 is 18.8 Å². The SMILES string of the molecule is CCCN(C)CCC(CC)Cc1ncc([S+]([O-])N2CCN(Cc3cncn3CCOc3ccc(Cl)cc3)CC2)s1. The molecule has 3 aromatic rings. The van der Waals surface area contributed by atoms with Gasteiger partial charge in [-0.25, -0.2) is 9.97 Å². The zero-order valence-electron chi connectivity index (χ0n) is 24.0. The molecular formula is C29H43ClN6O2S2. The highest BCUT2D eigenvalue weighted by atomic mass is 35.5. The number of aromatic nitrogens is 3. The van der Waals surface area contributed by atoms with Gasteiger partial charge in [0.25, 0.3) is 0 Å². The molecule has 0 radical (unpaired) electrons. The first-order chi connectivity index (χ1) is 19.4. The van der Waals surface area contributed by atoms with E-state index in [1.54, 1.807) is 11.3 Å². The number of nitrogens with zero attached hydrogens (tertiary/aromatic N) is 6. The molecule has 8 nitrogen and oxygen atoms in total. The van der Waals surface area contributed by atoms with Crippen LogP contribution < -0.4 is 4.74 Å². The lowest BCUT2D eigenvalue weighted by Gasteiger charge is -2.33. The lowest BCUT2D eigenvalue weighted by Crippen LogP contribution is -2.48. The Morgan fingerprint density at radius 2 is 1.90 bits per heavy atom. The van der Waals surface area contributed by atoms with Gasteiger partial charge in [0.15, 0.2) is 0 Å². The van der Waals surface area contributed by atoms with Gasteiger partial charge in [0, 0.05) is 37.3 Å². The second kappa shape index (κ2) is 16.1. The molecule has 0 amide bonds. The number of imidazole rings is 1. The molecule has 2 atom stereocenters. The van der Waals surface area contributed by atoms with Crippen molar-refractivity contribution in [2.45, 2.75) is 56.8 Å². The van der Waals surface area contributed by atoms with E-state index >= 15 is 0 Å². The Hall–Kier alpha value is -1.66. The maximum atomic E-state index is 13.3. The Labute approximate surface area is 251 Å². The van der Waals surface area contributed by atoms with E-state index in [0.717, 1.165) is 85.9 Å². The van der Waals surface area contributed by atoms with Gasteiger partial charge in [-0.3, -0.25) is 4.90 Å². The van der Waals surface area contributed by atoms with Gasteiger partial charge >= 0.3 is 0 Å². The van der Waals surface area contributed by atoms with Crippen LogP contribution >= 0.6 is 22.9 Å². The minimum atomic E-state index is -1.15. The normalized spacial score (nSPS) is 16.4. The van der Waals surface area contributed by atoms with Crippen molar-refractivity contribution in [2.24, 2.45) is 5.92 Å². The Morgan fingerprint density at radius 3 is 2.62 bits per heavy atom. The molecule has 0 spiro atoms. The molecule has 1 aromatic carbocycles. The Kier molecular flexibility index (Phi) is 12.6. The Bertz CT molecular complexity index is 1140.